The number of methoxy groups -OCH3 is 3. The van der Waals surface area contributed by atoms with Gasteiger partial charge in [-0.1, -0.05) is 0 Å². The molecule has 2 N–H and O–H groups in total. The second-order valence-electron chi connectivity index (χ2n) is 5.02. The maximum absolute atomic E-state index is 5.66. The number of nitrogen functional groups attached to an aromatic ring is 1. The summed E-state index contributed by atoms with van der Waals surface area (Å²) >= 11 is 0. The van der Waals surface area contributed by atoms with E-state index in [-0.39, 0.29) is 5.95 Å². The summed E-state index contributed by atoms with van der Waals surface area (Å²) in [7, 11) is 4.77. The van der Waals surface area contributed by atoms with Gasteiger partial charge >= 0.3 is 0 Å². The fourth-order valence-electron chi connectivity index (χ4n) is 2.64. The third-order valence-corrected chi connectivity index (χ3v) is 3.69. The van der Waals surface area contributed by atoms with Crippen LogP contribution in [-0.4, -0.2) is 35.9 Å². The number of rotatable bonds is 4. The smallest absolute Gasteiger partial charge is 0.240 e. The van der Waals surface area contributed by atoms with Crippen molar-refractivity contribution in [3.05, 3.63) is 30.0 Å². The molecule has 120 valence electrons. The largest absolute Gasteiger partial charge is 0.493 e. The summed E-state index contributed by atoms with van der Waals surface area (Å²) in [6.45, 7) is 2.00. The van der Waals surface area contributed by atoms with E-state index in [2.05, 4.69) is 10.1 Å². The number of benzene rings is 1. The molecule has 0 fully saturated rings. The highest BCUT2D eigenvalue weighted by Gasteiger charge is 2.19. The zero-order chi connectivity index (χ0) is 16.6. The molecule has 2 aromatic heterocycles. The Hall–Kier alpha value is -2.96. The molecule has 0 radical (unpaired) electrons. The minimum absolute atomic E-state index is 0.237. The average Bonchev–Trinajstić information content (AvgIpc) is 2.91. The topological polar surface area (TPSA) is 83.9 Å². The van der Waals surface area contributed by atoms with Gasteiger partial charge in [0.2, 0.25) is 11.7 Å². The van der Waals surface area contributed by atoms with E-state index in [0.29, 0.717) is 22.9 Å². The second-order valence-corrected chi connectivity index (χ2v) is 5.02. The Bertz CT molecular complexity index is 873. The van der Waals surface area contributed by atoms with Crippen molar-refractivity contribution in [2.24, 2.45) is 0 Å². The Kier molecular flexibility index (Phi) is 3.69. The fraction of sp³-hybridized carbons (Fsp3) is 0.250. The molecule has 7 heteroatoms. The number of ether oxygens (including phenoxy) is 3. The first kappa shape index (κ1) is 15.0. The van der Waals surface area contributed by atoms with Crippen LogP contribution in [-0.2, 0) is 0 Å². The standard InChI is InChI=1S/C16H18N4O3/c1-9-7-13-18-16(17)19-20(13)8-11(9)10-5-6-12(21-2)15(23-4)14(10)22-3/h5-8H,1-4H3,(H2,17,19). The van der Waals surface area contributed by atoms with Crippen molar-refractivity contribution in [2.75, 3.05) is 27.1 Å². The van der Waals surface area contributed by atoms with Crippen LogP contribution in [0.15, 0.2) is 24.4 Å². The highest BCUT2D eigenvalue weighted by molar-refractivity contribution is 5.78. The van der Waals surface area contributed by atoms with Crippen LogP contribution < -0.4 is 19.9 Å². The molecule has 0 spiro atoms. The van der Waals surface area contributed by atoms with Gasteiger partial charge in [0.25, 0.3) is 0 Å². The van der Waals surface area contributed by atoms with Crippen molar-refractivity contribution >= 4 is 11.6 Å². The van der Waals surface area contributed by atoms with Crippen molar-refractivity contribution in [2.45, 2.75) is 6.92 Å². The van der Waals surface area contributed by atoms with Gasteiger partial charge in [0.1, 0.15) is 0 Å². The summed E-state index contributed by atoms with van der Waals surface area (Å²) in [5.74, 6) is 1.99. The number of hydrogen-bond acceptors (Lipinski definition) is 6. The number of nitrogens with zero attached hydrogens (tertiary/aromatic N) is 3. The molecule has 0 unspecified atom stereocenters. The van der Waals surface area contributed by atoms with E-state index in [0.717, 1.165) is 16.7 Å². The highest BCUT2D eigenvalue weighted by Crippen LogP contribution is 2.44. The van der Waals surface area contributed by atoms with E-state index in [4.69, 9.17) is 19.9 Å². The van der Waals surface area contributed by atoms with Gasteiger partial charge in [-0.3, -0.25) is 0 Å². The number of pyridine rings is 1. The van der Waals surface area contributed by atoms with Crippen molar-refractivity contribution < 1.29 is 14.2 Å². The quantitative estimate of drug-likeness (QED) is 0.795. The van der Waals surface area contributed by atoms with Crippen LogP contribution >= 0.6 is 0 Å². The van der Waals surface area contributed by atoms with Crippen molar-refractivity contribution in [1.29, 1.82) is 0 Å². The number of hydrogen-bond donors (Lipinski definition) is 1. The Morgan fingerprint density at radius 1 is 1.00 bits per heavy atom. The molecule has 1 aromatic carbocycles. The molecule has 0 saturated heterocycles. The summed E-state index contributed by atoms with van der Waals surface area (Å²) in [5.41, 5.74) is 9.20. The molecule has 2 heterocycles. The van der Waals surface area contributed by atoms with Crippen LogP contribution in [0.5, 0.6) is 17.2 Å². The number of fused-ring (bicyclic) bond motifs is 1. The monoisotopic (exact) mass is 314 g/mol. The summed E-state index contributed by atoms with van der Waals surface area (Å²) in [6.07, 6.45) is 1.87. The first-order chi connectivity index (χ1) is 11.1. The van der Waals surface area contributed by atoms with E-state index in [1.165, 1.54) is 0 Å². The van der Waals surface area contributed by atoms with E-state index in [9.17, 15) is 0 Å². The maximum atomic E-state index is 5.66. The van der Waals surface area contributed by atoms with Gasteiger partial charge in [0, 0.05) is 17.3 Å². The van der Waals surface area contributed by atoms with Gasteiger partial charge in [0.15, 0.2) is 17.1 Å². The van der Waals surface area contributed by atoms with Gasteiger partial charge in [-0.05, 0) is 30.7 Å². The fourth-order valence-corrected chi connectivity index (χ4v) is 2.64. The summed E-state index contributed by atoms with van der Waals surface area (Å²) < 4.78 is 18.0. The lowest BCUT2D eigenvalue weighted by Crippen LogP contribution is -1.99. The Balaban J connectivity index is 2.27. The molecule has 23 heavy (non-hydrogen) atoms. The predicted octanol–water partition coefficient (Wildman–Crippen LogP) is 2.31. The molecule has 7 nitrogen and oxygen atoms in total. The molecule has 3 rings (SSSR count). The van der Waals surface area contributed by atoms with E-state index in [1.54, 1.807) is 25.8 Å². The molecule has 0 aliphatic heterocycles. The van der Waals surface area contributed by atoms with Crippen LogP contribution in [0.25, 0.3) is 16.8 Å². The Morgan fingerprint density at radius 3 is 2.39 bits per heavy atom. The van der Waals surface area contributed by atoms with E-state index >= 15 is 0 Å². The van der Waals surface area contributed by atoms with Crippen LogP contribution in [0, 0.1) is 6.92 Å². The van der Waals surface area contributed by atoms with E-state index < -0.39 is 0 Å². The maximum Gasteiger partial charge on any atom is 0.240 e. The van der Waals surface area contributed by atoms with Gasteiger partial charge in [-0.2, -0.15) is 4.98 Å². The third-order valence-electron chi connectivity index (χ3n) is 3.69. The minimum atomic E-state index is 0.237. The SMILES string of the molecule is COc1ccc(-c2cn3nc(N)nc3cc2C)c(OC)c1OC. The molecule has 0 amide bonds. The molecule has 3 aromatic rings. The molecular weight excluding hydrogens is 296 g/mol. The minimum Gasteiger partial charge on any atom is -0.493 e. The predicted molar refractivity (Wildman–Crippen MR) is 87.2 cm³/mol. The highest BCUT2D eigenvalue weighted by atomic mass is 16.5. The molecular formula is C16H18N4O3. The first-order valence-electron chi connectivity index (χ1n) is 7.01. The van der Waals surface area contributed by atoms with Crippen molar-refractivity contribution in [1.82, 2.24) is 14.6 Å². The number of aromatic nitrogens is 3. The number of anilines is 1. The normalized spacial score (nSPS) is 10.8. The first-order valence-corrected chi connectivity index (χ1v) is 7.01. The molecule has 0 bridgehead atoms. The van der Waals surface area contributed by atoms with Crippen molar-refractivity contribution in [3.8, 4) is 28.4 Å². The zero-order valence-electron chi connectivity index (χ0n) is 13.5. The summed E-state index contributed by atoms with van der Waals surface area (Å²) in [4.78, 5) is 4.17. The van der Waals surface area contributed by atoms with Gasteiger partial charge < -0.3 is 19.9 Å². The van der Waals surface area contributed by atoms with Crippen LogP contribution in [0.4, 0.5) is 5.95 Å². The van der Waals surface area contributed by atoms with Gasteiger partial charge in [-0.25, -0.2) is 4.52 Å². The van der Waals surface area contributed by atoms with Gasteiger partial charge in [-0.15, -0.1) is 5.10 Å². The van der Waals surface area contributed by atoms with Crippen LogP contribution in [0.1, 0.15) is 5.56 Å². The summed E-state index contributed by atoms with van der Waals surface area (Å²) in [6, 6.07) is 5.69. The zero-order valence-corrected chi connectivity index (χ0v) is 13.5. The Morgan fingerprint density at radius 2 is 1.74 bits per heavy atom. The van der Waals surface area contributed by atoms with Gasteiger partial charge in [0.05, 0.1) is 21.3 Å². The lowest BCUT2D eigenvalue weighted by molar-refractivity contribution is 0.325. The molecule has 0 saturated carbocycles. The molecule has 0 atom stereocenters. The molecule has 0 aliphatic rings. The number of nitrogens with two attached hydrogens (primary N) is 1. The lowest BCUT2D eigenvalue weighted by Gasteiger charge is -2.17. The number of aryl methyl sites for hydroxylation is 1. The summed E-state index contributed by atoms with van der Waals surface area (Å²) in [5, 5.41) is 4.16. The van der Waals surface area contributed by atoms with Crippen molar-refractivity contribution in [3.63, 3.8) is 0 Å². The van der Waals surface area contributed by atoms with Crippen LogP contribution in [0.2, 0.25) is 0 Å². The lowest BCUT2D eigenvalue weighted by atomic mass is 10.0. The average molecular weight is 314 g/mol. The second kappa shape index (κ2) is 5.68. The Labute approximate surface area is 133 Å². The van der Waals surface area contributed by atoms with Crippen LogP contribution in [0.3, 0.4) is 0 Å². The third kappa shape index (κ3) is 2.40. The molecule has 0 aliphatic carbocycles. The van der Waals surface area contributed by atoms with E-state index in [1.807, 2.05) is 31.3 Å².